The number of fused-ring (bicyclic) bond motifs is 1. The number of carbonyl (C=O) groups is 8. The molecule has 1 aromatic heterocycles. The summed E-state index contributed by atoms with van der Waals surface area (Å²) in [5.41, 5.74) is 4.96. The summed E-state index contributed by atoms with van der Waals surface area (Å²) in [4.78, 5) is 117. The lowest BCUT2D eigenvalue weighted by Crippen LogP contribution is -2.59. The van der Waals surface area contributed by atoms with Gasteiger partial charge in [0.25, 0.3) is 0 Å². The van der Waals surface area contributed by atoms with E-state index >= 15 is 0 Å². The van der Waals surface area contributed by atoms with E-state index in [9.17, 15) is 69.8 Å². The Kier molecular flexibility index (Phi) is 23.6. The average Bonchev–Trinajstić information content (AvgIpc) is 2.36. The van der Waals surface area contributed by atoms with Gasteiger partial charge >= 0.3 is 12.4 Å². The molecule has 0 spiro atoms. The molecule has 0 bridgehead atoms. The third-order valence-corrected chi connectivity index (χ3v) is 15.0. The standard InChI is InChI=1S/C60H72F6N10O9S/c1-34(2)24-47(54(81)74-49(29-39-31-68-45-15-10-9-14-43(39)45)57(84)75(4)33-38-25-40(59(61,62)63)30-41(26-38)60(64,65)66)73-56(83)50-16-11-22-76(50)58(85)46(21-23-86-5)72-55(82)48(28-36-12-7-6-8-13-36)71-51(78)32-69-52(79)35(3)70-53(80)44(67)27-37-17-19-42(77)20-18-37/h6-10,12-15,17-20,25-26,30-31,34-35,44,46-50,68,77H,11,16,21-24,27-29,32-33,67H2,1-5H3,(H,69,79)(H,70,80)(H,71,78)(H,72,82)(H,73,83)(H,74,81)/t35-,44+,46+,47+,48+,49+,50+/m1/s1. The summed E-state index contributed by atoms with van der Waals surface area (Å²) in [7, 11) is 1.17. The number of benzene rings is 4. The highest BCUT2D eigenvalue weighted by atomic mass is 32.2. The van der Waals surface area contributed by atoms with Gasteiger partial charge in [-0.15, -0.1) is 0 Å². The molecule has 1 aliphatic rings. The van der Waals surface area contributed by atoms with Gasteiger partial charge in [0.1, 0.15) is 42.0 Å². The van der Waals surface area contributed by atoms with Gasteiger partial charge in [0.05, 0.1) is 23.7 Å². The van der Waals surface area contributed by atoms with E-state index < -0.39 is 132 Å². The second kappa shape index (κ2) is 30.3. The number of carbonyl (C=O) groups excluding carboxylic acids is 8. The van der Waals surface area contributed by atoms with Gasteiger partial charge in [-0.05, 0) is 116 Å². The highest BCUT2D eigenvalue weighted by Gasteiger charge is 2.41. The van der Waals surface area contributed by atoms with Crippen molar-refractivity contribution < 1.29 is 69.8 Å². The molecule has 4 aromatic carbocycles. The summed E-state index contributed by atoms with van der Waals surface area (Å²) >= 11 is 1.38. The number of aromatic nitrogens is 1. The first-order valence-electron chi connectivity index (χ1n) is 27.8. The third kappa shape index (κ3) is 19.2. The number of para-hydroxylation sites is 1. The zero-order valence-electron chi connectivity index (χ0n) is 48.1. The van der Waals surface area contributed by atoms with Crippen LogP contribution in [0.15, 0.2) is 103 Å². The maximum atomic E-state index is 14.7. The zero-order chi connectivity index (χ0) is 63.0. The van der Waals surface area contributed by atoms with Crippen LogP contribution in [0.4, 0.5) is 26.3 Å². The summed E-state index contributed by atoms with van der Waals surface area (Å²) in [5.74, 6) is -5.81. The van der Waals surface area contributed by atoms with Crippen molar-refractivity contribution in [1.82, 2.24) is 46.7 Å². The fourth-order valence-electron chi connectivity index (χ4n) is 9.95. The Labute approximate surface area is 497 Å². The van der Waals surface area contributed by atoms with Gasteiger partial charge in [0, 0.05) is 50.1 Å². The zero-order valence-corrected chi connectivity index (χ0v) is 48.9. The normalized spacial score (nSPS) is 15.6. The smallest absolute Gasteiger partial charge is 0.416 e. The SMILES string of the molecule is CSCC[C@H](NC(=O)[C@H](Cc1ccccc1)NC(=O)CNC(=O)[C@@H](C)NC(=O)[C@@H](N)Cc1ccc(O)cc1)C(=O)N1CCC[C@H]1C(=O)N[C@@H](CC(C)C)C(=O)N[C@@H](Cc1c[nH]c2ccccc12)C(=O)N(C)Cc1cc(C(F)(F)F)cc(C(F)(F)F)c1. The van der Waals surface area contributed by atoms with E-state index in [1.165, 1.54) is 42.8 Å². The topological polar surface area (TPSA) is 277 Å². The number of rotatable bonds is 27. The minimum Gasteiger partial charge on any atom is -0.508 e. The summed E-state index contributed by atoms with van der Waals surface area (Å²) in [6.07, 6.45) is -6.41. The number of amides is 8. The van der Waals surface area contributed by atoms with Gasteiger partial charge in [0.2, 0.25) is 47.3 Å². The molecule has 5 aromatic rings. The maximum Gasteiger partial charge on any atom is 0.416 e. The minimum absolute atomic E-state index is 0.0183. The number of thioether (sulfide) groups is 1. The van der Waals surface area contributed by atoms with Crippen molar-refractivity contribution in [3.63, 3.8) is 0 Å². The molecule has 1 saturated heterocycles. The van der Waals surface area contributed by atoms with Gasteiger partial charge in [-0.25, -0.2) is 0 Å². The summed E-state index contributed by atoms with van der Waals surface area (Å²) < 4.78 is 83.0. The first-order valence-corrected chi connectivity index (χ1v) is 29.2. The van der Waals surface area contributed by atoms with E-state index in [0.29, 0.717) is 51.9 Å². The number of nitrogens with zero attached hydrogens (tertiary/aromatic N) is 2. The second-order valence-corrected chi connectivity index (χ2v) is 22.7. The molecule has 1 aliphatic heterocycles. The predicted octanol–water partition coefficient (Wildman–Crippen LogP) is 5.28. The molecule has 86 heavy (non-hydrogen) atoms. The van der Waals surface area contributed by atoms with Crippen LogP contribution in [0.2, 0.25) is 0 Å². The number of likely N-dealkylation sites (N-methyl/N-ethyl adjacent to an activating group) is 1. The summed E-state index contributed by atoms with van der Waals surface area (Å²) in [5, 5.41) is 26.1. The Morgan fingerprint density at radius 3 is 1.97 bits per heavy atom. The molecule has 19 nitrogen and oxygen atoms in total. The predicted molar refractivity (Wildman–Crippen MR) is 310 cm³/mol. The largest absolute Gasteiger partial charge is 0.508 e. The first kappa shape index (κ1) is 67.0. The highest BCUT2D eigenvalue weighted by Crippen LogP contribution is 2.37. The van der Waals surface area contributed by atoms with Gasteiger partial charge < -0.3 is 57.5 Å². The fourth-order valence-corrected chi connectivity index (χ4v) is 10.4. The van der Waals surface area contributed by atoms with Crippen molar-refractivity contribution >= 4 is 69.9 Å². The number of likely N-dealkylation sites (tertiary alicyclic amines) is 1. The van der Waals surface area contributed by atoms with Crippen molar-refractivity contribution in [3.8, 4) is 5.75 Å². The van der Waals surface area contributed by atoms with Gasteiger partial charge in [-0.1, -0.05) is 74.5 Å². The van der Waals surface area contributed by atoms with E-state index in [1.807, 2.05) is 0 Å². The molecule has 0 aliphatic carbocycles. The van der Waals surface area contributed by atoms with E-state index in [1.54, 1.807) is 93.0 Å². The fraction of sp³-hybridized carbons (Fsp3) is 0.433. The molecular formula is C60H72F6N10O9S. The van der Waals surface area contributed by atoms with Crippen LogP contribution in [0.3, 0.4) is 0 Å². The number of halogens is 6. The number of aromatic hydroxyl groups is 1. The van der Waals surface area contributed by atoms with E-state index in [0.717, 1.165) is 4.90 Å². The maximum absolute atomic E-state index is 14.7. The minimum atomic E-state index is -5.15. The lowest BCUT2D eigenvalue weighted by atomic mass is 9.99. The number of aromatic amines is 1. The van der Waals surface area contributed by atoms with E-state index in [4.69, 9.17) is 5.73 Å². The molecule has 10 N–H and O–H groups in total. The molecule has 0 unspecified atom stereocenters. The van der Waals surface area contributed by atoms with Crippen LogP contribution in [0.1, 0.15) is 79.8 Å². The molecule has 464 valence electrons. The van der Waals surface area contributed by atoms with Gasteiger partial charge in [-0.3, -0.25) is 38.4 Å². The Morgan fingerprint density at radius 2 is 1.33 bits per heavy atom. The van der Waals surface area contributed by atoms with Crippen LogP contribution in [-0.2, 0) is 76.5 Å². The number of nitrogens with two attached hydrogens (primary N) is 1. The summed E-state index contributed by atoms with van der Waals surface area (Å²) in [6, 6.07) is 14.2. The number of alkyl halides is 6. The number of phenolic OH excluding ortho intramolecular Hbond substituents is 1. The Balaban J connectivity index is 1.15. The molecule has 7 atom stereocenters. The van der Waals surface area contributed by atoms with Crippen LogP contribution < -0.4 is 37.6 Å². The molecule has 26 heteroatoms. The molecule has 8 amide bonds. The Morgan fingerprint density at radius 1 is 0.709 bits per heavy atom. The molecule has 0 radical (unpaired) electrons. The molecule has 2 heterocycles. The first-order chi connectivity index (χ1) is 40.6. The second-order valence-electron chi connectivity index (χ2n) is 21.7. The number of nitrogens with one attached hydrogen (secondary N) is 7. The molecule has 0 saturated carbocycles. The van der Waals surface area contributed by atoms with Crippen molar-refractivity contribution in [2.24, 2.45) is 11.7 Å². The average molecular weight is 1220 g/mol. The molecule has 6 rings (SSSR count). The number of hydrogen-bond acceptors (Lipinski definition) is 11. The van der Waals surface area contributed by atoms with Gasteiger partial charge in [0.15, 0.2) is 0 Å². The van der Waals surface area contributed by atoms with E-state index in [-0.39, 0.29) is 62.8 Å². The monoisotopic (exact) mass is 1220 g/mol. The molecule has 1 fully saturated rings. The van der Waals surface area contributed by atoms with Crippen LogP contribution in [-0.4, -0.2) is 142 Å². The quantitative estimate of drug-likeness (QED) is 0.0305. The van der Waals surface area contributed by atoms with E-state index in [2.05, 4.69) is 36.9 Å². The third-order valence-electron chi connectivity index (χ3n) is 14.4. The number of phenols is 1. The summed E-state index contributed by atoms with van der Waals surface area (Å²) in [6.45, 7) is 3.70. The van der Waals surface area contributed by atoms with Crippen molar-refractivity contribution in [2.45, 2.75) is 127 Å². The Bertz CT molecular complexity index is 3150. The van der Waals surface area contributed by atoms with Crippen LogP contribution >= 0.6 is 11.8 Å². The van der Waals surface area contributed by atoms with Crippen LogP contribution in [0.25, 0.3) is 10.9 Å². The number of H-pyrrole nitrogens is 1. The lowest BCUT2D eigenvalue weighted by Gasteiger charge is -2.31. The number of hydrogen-bond donors (Lipinski definition) is 9. The van der Waals surface area contributed by atoms with Gasteiger partial charge in [-0.2, -0.15) is 38.1 Å². The van der Waals surface area contributed by atoms with Crippen LogP contribution in [0, 0.1) is 5.92 Å². The molecular weight excluding hydrogens is 1150 g/mol. The van der Waals surface area contributed by atoms with Crippen molar-refractivity contribution in [2.75, 3.05) is 32.1 Å². The van der Waals surface area contributed by atoms with Crippen molar-refractivity contribution in [3.05, 3.63) is 137 Å². The van der Waals surface area contributed by atoms with Crippen LogP contribution in [0.5, 0.6) is 5.75 Å². The Hall–Kier alpha value is -8.13. The lowest BCUT2D eigenvalue weighted by molar-refractivity contribution is -0.143. The highest BCUT2D eigenvalue weighted by molar-refractivity contribution is 7.98. The van der Waals surface area contributed by atoms with Crippen molar-refractivity contribution in [1.29, 1.82) is 0 Å².